The third kappa shape index (κ3) is 14.5. The molecule has 1 saturated heterocycles. The fourth-order valence-corrected chi connectivity index (χ4v) is 5.75. The minimum atomic E-state index is -4.95. The maximum atomic E-state index is 14.2. The second-order valence-electron chi connectivity index (χ2n) is 13.6. The molecule has 2 aromatic carbocycles. The lowest BCUT2D eigenvalue weighted by Crippen LogP contribution is -2.24. The number of amides is 4. The maximum Gasteiger partial charge on any atom is 0.416 e. The first-order chi connectivity index (χ1) is 28.7. The highest BCUT2D eigenvalue weighted by molar-refractivity contribution is 6.08. The Bertz CT molecular complexity index is 2130. The lowest BCUT2D eigenvalue weighted by atomic mass is 10.1. The molecule has 3 aromatic rings. The summed E-state index contributed by atoms with van der Waals surface area (Å²) in [6, 6.07) is 3.48. The van der Waals surface area contributed by atoms with Crippen molar-refractivity contribution < 1.29 is 50.3 Å². The minimum absolute atomic E-state index is 0.0469. The lowest BCUT2D eigenvalue weighted by Gasteiger charge is -2.22. The van der Waals surface area contributed by atoms with Crippen molar-refractivity contribution in [1.29, 1.82) is 0 Å². The molecule has 1 aliphatic rings. The Morgan fingerprint density at radius 2 is 1.15 bits per heavy atom. The first-order valence-corrected chi connectivity index (χ1v) is 18.7. The van der Waals surface area contributed by atoms with Crippen molar-refractivity contribution >= 4 is 58.3 Å². The molecule has 24 heteroatoms. The highest BCUT2D eigenvalue weighted by Gasteiger charge is 2.35. The van der Waals surface area contributed by atoms with Crippen LogP contribution < -0.4 is 54.3 Å². The van der Waals surface area contributed by atoms with Crippen LogP contribution in [0.25, 0.3) is 0 Å². The number of unbranched alkanes of at least 4 members (excludes halogenated alkanes) is 2. The first kappa shape index (κ1) is 47.0. The third-order valence-electron chi connectivity index (χ3n) is 8.84. The van der Waals surface area contributed by atoms with E-state index in [9.17, 15) is 45.5 Å². The fraction of sp³-hybridized carbons (Fsp3) is 0.405. The number of aliphatic imine (C=N–C) groups is 2. The van der Waals surface area contributed by atoms with Gasteiger partial charge in [-0.3, -0.25) is 29.2 Å². The number of aromatic nitrogens is 2. The SMILES string of the molecule is Cc1c(NC(=O)CCCCN=C(N)N)cc(C(F)(F)F)cc1NC(=O)c1cc(C(=O)Nc2cc(C(F)(F)F)cc(NC(=O)CCCCN=C(N)N)c2O[C@@H]2CCNC2)ncn1. The molecule has 61 heavy (non-hydrogen) atoms. The minimum Gasteiger partial charge on any atom is -0.485 e. The van der Waals surface area contributed by atoms with Gasteiger partial charge in [0.05, 0.1) is 22.5 Å². The largest absolute Gasteiger partial charge is 0.485 e. The van der Waals surface area contributed by atoms with E-state index >= 15 is 0 Å². The number of nitrogens with one attached hydrogen (secondary N) is 5. The number of carbonyl (C=O) groups excluding carboxylic acids is 4. The zero-order chi connectivity index (χ0) is 44.9. The van der Waals surface area contributed by atoms with Crippen molar-refractivity contribution in [3.05, 3.63) is 64.7 Å². The summed E-state index contributed by atoms with van der Waals surface area (Å²) < 4.78 is 90.4. The van der Waals surface area contributed by atoms with Gasteiger partial charge < -0.3 is 54.3 Å². The van der Waals surface area contributed by atoms with E-state index in [1.165, 1.54) is 6.92 Å². The van der Waals surface area contributed by atoms with Gasteiger partial charge in [0.1, 0.15) is 23.8 Å². The summed E-state index contributed by atoms with van der Waals surface area (Å²) in [6.45, 7) is 2.64. The Labute approximate surface area is 344 Å². The molecule has 4 amide bonds. The van der Waals surface area contributed by atoms with Gasteiger partial charge in [-0.05, 0) is 75.4 Å². The van der Waals surface area contributed by atoms with Crippen LogP contribution in [0.3, 0.4) is 0 Å². The summed E-state index contributed by atoms with van der Waals surface area (Å²) in [4.78, 5) is 67.8. The number of guanidine groups is 2. The van der Waals surface area contributed by atoms with Crippen LogP contribution in [0.5, 0.6) is 5.75 Å². The van der Waals surface area contributed by atoms with Gasteiger partial charge in [0.2, 0.25) is 11.8 Å². The van der Waals surface area contributed by atoms with E-state index in [1.807, 2.05) is 0 Å². The van der Waals surface area contributed by atoms with Crippen LogP contribution >= 0.6 is 0 Å². The quantitative estimate of drug-likeness (QED) is 0.0382. The van der Waals surface area contributed by atoms with Crippen LogP contribution in [0, 0.1) is 6.92 Å². The van der Waals surface area contributed by atoms with E-state index in [1.54, 1.807) is 0 Å². The van der Waals surface area contributed by atoms with Crippen LogP contribution in [0.1, 0.15) is 82.6 Å². The molecule has 0 unspecified atom stereocenters. The molecule has 0 radical (unpaired) electrons. The van der Waals surface area contributed by atoms with Crippen LogP contribution in [-0.2, 0) is 21.9 Å². The zero-order valence-corrected chi connectivity index (χ0v) is 32.7. The molecule has 330 valence electrons. The topological polar surface area (TPSA) is 292 Å². The van der Waals surface area contributed by atoms with Crippen molar-refractivity contribution in [1.82, 2.24) is 15.3 Å². The average molecular weight is 866 g/mol. The average Bonchev–Trinajstić information content (AvgIpc) is 3.69. The van der Waals surface area contributed by atoms with E-state index in [4.69, 9.17) is 27.7 Å². The van der Waals surface area contributed by atoms with Crippen molar-refractivity contribution in [3.63, 3.8) is 0 Å². The van der Waals surface area contributed by atoms with E-state index in [-0.39, 0.29) is 72.6 Å². The zero-order valence-electron chi connectivity index (χ0n) is 32.7. The number of anilines is 4. The number of carbonyl (C=O) groups is 4. The van der Waals surface area contributed by atoms with Crippen LogP contribution in [0.2, 0.25) is 0 Å². The van der Waals surface area contributed by atoms with Crippen LogP contribution in [0.15, 0.2) is 46.6 Å². The van der Waals surface area contributed by atoms with Gasteiger partial charge in [-0.2, -0.15) is 26.3 Å². The van der Waals surface area contributed by atoms with Crippen LogP contribution in [-0.4, -0.2) is 77.8 Å². The normalized spacial score (nSPS) is 13.8. The number of benzene rings is 2. The molecule has 1 aromatic heterocycles. The predicted molar refractivity (Wildman–Crippen MR) is 214 cm³/mol. The lowest BCUT2D eigenvalue weighted by molar-refractivity contribution is -0.138. The predicted octanol–water partition coefficient (Wildman–Crippen LogP) is 3.83. The molecule has 13 N–H and O–H groups in total. The van der Waals surface area contributed by atoms with Gasteiger partial charge >= 0.3 is 12.4 Å². The second kappa shape index (κ2) is 21.0. The van der Waals surface area contributed by atoms with Crippen molar-refractivity contribution in [2.75, 3.05) is 47.4 Å². The van der Waals surface area contributed by atoms with Crippen molar-refractivity contribution in [2.45, 2.75) is 70.3 Å². The smallest absolute Gasteiger partial charge is 0.416 e. The van der Waals surface area contributed by atoms with Gasteiger partial charge in [-0.25, -0.2) is 9.97 Å². The summed E-state index contributed by atoms with van der Waals surface area (Å²) in [5.41, 5.74) is 16.2. The summed E-state index contributed by atoms with van der Waals surface area (Å²) in [7, 11) is 0. The van der Waals surface area contributed by atoms with E-state index < -0.39 is 70.3 Å². The summed E-state index contributed by atoms with van der Waals surface area (Å²) in [6.07, 6.45) is -7.96. The monoisotopic (exact) mass is 865 g/mol. The molecule has 0 bridgehead atoms. The van der Waals surface area contributed by atoms with Gasteiger partial charge in [0.15, 0.2) is 17.7 Å². The molecule has 18 nitrogen and oxygen atoms in total. The first-order valence-electron chi connectivity index (χ1n) is 18.7. The second-order valence-corrected chi connectivity index (χ2v) is 13.6. The Hall–Kier alpha value is -6.72. The summed E-state index contributed by atoms with van der Waals surface area (Å²) >= 11 is 0. The maximum absolute atomic E-state index is 14.2. The number of ether oxygens (including phenoxy) is 1. The summed E-state index contributed by atoms with van der Waals surface area (Å²) in [5, 5.41) is 12.5. The molecule has 0 saturated carbocycles. The molecule has 0 aliphatic carbocycles. The Morgan fingerprint density at radius 3 is 1.61 bits per heavy atom. The molecular formula is C37H45F6N13O5. The van der Waals surface area contributed by atoms with Gasteiger partial charge in [0.25, 0.3) is 11.8 Å². The standard InChI is InChI=1S/C37H45F6N13O5/c1-19-23(53-29(57)6-2-4-9-49-34(44)45)12-20(36(38,39)40)13-24(19)55-32(59)27-16-28(52-18-51-27)33(60)56-26-15-21(37(41,42)43)14-25(31(26)61-22-8-11-48-17-22)54-30(58)7-3-5-10-50-35(46)47/h12-16,18,22,48H,2-11,17H2,1H3,(H,53,57)(H,54,58)(H,55,59)(H,56,60)(H4,44,45,49)(H4,46,47,50)/t22-/m1/s1. The Kier molecular flexibility index (Phi) is 16.2. The molecule has 4 rings (SSSR count). The number of alkyl halides is 6. The van der Waals surface area contributed by atoms with Crippen molar-refractivity contribution in [3.8, 4) is 5.75 Å². The molecule has 1 atom stereocenters. The number of rotatable bonds is 18. The Balaban J connectivity index is 1.59. The van der Waals surface area contributed by atoms with E-state index in [2.05, 4.69) is 46.5 Å². The highest BCUT2D eigenvalue weighted by Crippen LogP contribution is 2.42. The summed E-state index contributed by atoms with van der Waals surface area (Å²) in [5.74, 6) is -4.07. The van der Waals surface area contributed by atoms with Crippen LogP contribution in [0.4, 0.5) is 49.1 Å². The Morgan fingerprint density at radius 1 is 0.705 bits per heavy atom. The number of halogens is 6. The van der Waals surface area contributed by atoms with E-state index in [0.717, 1.165) is 12.4 Å². The third-order valence-corrected chi connectivity index (χ3v) is 8.84. The highest BCUT2D eigenvalue weighted by atomic mass is 19.4. The molecule has 1 aliphatic heterocycles. The number of hydrogen-bond acceptors (Lipinski definition) is 10. The van der Waals surface area contributed by atoms with E-state index in [0.29, 0.717) is 63.0 Å². The molecule has 0 spiro atoms. The van der Waals surface area contributed by atoms with Crippen molar-refractivity contribution in [2.24, 2.45) is 32.9 Å². The number of nitrogens with two attached hydrogens (primary N) is 4. The molecule has 1 fully saturated rings. The van der Waals surface area contributed by atoms with Gasteiger partial charge in [0, 0.05) is 49.9 Å². The molecule has 2 heterocycles. The van der Waals surface area contributed by atoms with Gasteiger partial charge in [-0.15, -0.1) is 0 Å². The van der Waals surface area contributed by atoms with Gasteiger partial charge in [-0.1, -0.05) is 0 Å². The number of nitrogens with zero attached hydrogens (tertiary/aromatic N) is 4. The fourth-order valence-electron chi connectivity index (χ4n) is 5.75. The molecular weight excluding hydrogens is 820 g/mol. The number of hydrogen-bond donors (Lipinski definition) is 9.